The predicted molar refractivity (Wildman–Crippen MR) is 68.6 cm³/mol. The zero-order valence-electron chi connectivity index (χ0n) is 10.8. The van der Waals surface area contributed by atoms with Crippen LogP contribution in [0.4, 0.5) is 4.39 Å². The van der Waals surface area contributed by atoms with E-state index in [-0.39, 0.29) is 17.8 Å². The second-order valence-corrected chi connectivity index (χ2v) is 4.88. The van der Waals surface area contributed by atoms with Crippen LogP contribution in [-0.4, -0.2) is 30.9 Å². The number of carbonyl (C=O) groups excluding carboxylic acids is 1. The van der Waals surface area contributed by atoms with Gasteiger partial charge in [0.1, 0.15) is 5.82 Å². The van der Waals surface area contributed by atoms with Crippen molar-refractivity contribution >= 4 is 5.91 Å². The second kappa shape index (κ2) is 5.48. The van der Waals surface area contributed by atoms with Gasteiger partial charge in [-0.1, -0.05) is 19.1 Å². The molecule has 1 aliphatic rings. The largest absolute Gasteiger partial charge is 0.334 e. The van der Waals surface area contributed by atoms with Gasteiger partial charge in [-0.05, 0) is 37.1 Å². The fourth-order valence-electron chi connectivity index (χ4n) is 2.68. The van der Waals surface area contributed by atoms with Crippen molar-refractivity contribution in [2.75, 3.05) is 20.1 Å². The van der Waals surface area contributed by atoms with Gasteiger partial charge in [0, 0.05) is 6.54 Å². The maximum Gasteiger partial charge on any atom is 0.237 e. The maximum atomic E-state index is 13.3. The van der Waals surface area contributed by atoms with E-state index in [4.69, 9.17) is 0 Å². The first-order valence-electron chi connectivity index (χ1n) is 6.33. The van der Waals surface area contributed by atoms with Gasteiger partial charge in [0.25, 0.3) is 0 Å². The number of likely N-dealkylation sites (tertiary alicyclic amines) is 1. The molecule has 2 unspecified atom stereocenters. The van der Waals surface area contributed by atoms with Crippen LogP contribution in [0, 0.1) is 11.7 Å². The molecule has 1 heterocycles. The number of amides is 1. The zero-order chi connectivity index (χ0) is 13.1. The average molecular weight is 250 g/mol. The summed E-state index contributed by atoms with van der Waals surface area (Å²) in [6.45, 7) is 3.20. The summed E-state index contributed by atoms with van der Waals surface area (Å²) in [6.07, 6.45) is 0.969. The van der Waals surface area contributed by atoms with Gasteiger partial charge in [-0.25, -0.2) is 4.39 Å². The molecule has 1 aromatic rings. The number of halogens is 1. The van der Waals surface area contributed by atoms with Gasteiger partial charge in [-0.15, -0.1) is 0 Å². The number of rotatable bonds is 3. The highest BCUT2D eigenvalue weighted by Gasteiger charge is 2.35. The van der Waals surface area contributed by atoms with Crippen LogP contribution in [0.5, 0.6) is 0 Å². The lowest BCUT2D eigenvalue weighted by Crippen LogP contribution is -2.37. The maximum absolute atomic E-state index is 13.3. The van der Waals surface area contributed by atoms with Gasteiger partial charge in [0.05, 0.1) is 12.6 Å². The molecule has 4 heteroatoms. The molecule has 1 saturated heterocycles. The first-order chi connectivity index (χ1) is 8.63. The summed E-state index contributed by atoms with van der Waals surface area (Å²) in [6, 6.07) is 6.57. The Labute approximate surface area is 107 Å². The smallest absolute Gasteiger partial charge is 0.237 e. The molecular weight excluding hydrogens is 231 g/mol. The van der Waals surface area contributed by atoms with Gasteiger partial charge < -0.3 is 10.2 Å². The molecule has 0 aliphatic carbocycles. The molecule has 1 aromatic carbocycles. The predicted octanol–water partition coefficient (Wildman–Crippen LogP) is 1.95. The lowest BCUT2D eigenvalue weighted by atomic mass is 9.95. The Balaban J connectivity index is 2.25. The number of nitrogens with zero attached hydrogens (tertiary/aromatic N) is 1. The minimum Gasteiger partial charge on any atom is -0.334 e. The highest BCUT2D eigenvalue weighted by molar-refractivity contribution is 5.79. The molecule has 98 valence electrons. The first kappa shape index (κ1) is 13.0. The second-order valence-electron chi connectivity index (χ2n) is 4.88. The zero-order valence-corrected chi connectivity index (χ0v) is 10.8. The van der Waals surface area contributed by atoms with Crippen LogP contribution in [0.15, 0.2) is 24.3 Å². The molecule has 0 radical (unpaired) electrons. The van der Waals surface area contributed by atoms with Gasteiger partial charge in [-0.2, -0.15) is 0 Å². The van der Waals surface area contributed by atoms with E-state index in [0.29, 0.717) is 12.5 Å². The van der Waals surface area contributed by atoms with Gasteiger partial charge >= 0.3 is 0 Å². The Morgan fingerprint density at radius 3 is 3.00 bits per heavy atom. The Bertz CT molecular complexity index is 436. The summed E-state index contributed by atoms with van der Waals surface area (Å²) in [5.74, 6) is 0.205. The summed E-state index contributed by atoms with van der Waals surface area (Å²) >= 11 is 0. The van der Waals surface area contributed by atoms with E-state index >= 15 is 0 Å². The van der Waals surface area contributed by atoms with Gasteiger partial charge in [0.2, 0.25) is 5.91 Å². The van der Waals surface area contributed by atoms with E-state index < -0.39 is 0 Å². The van der Waals surface area contributed by atoms with Crippen LogP contribution in [0.25, 0.3) is 0 Å². The first-order valence-corrected chi connectivity index (χ1v) is 6.33. The van der Waals surface area contributed by atoms with Crippen molar-refractivity contribution in [1.29, 1.82) is 0 Å². The number of likely N-dealkylation sites (N-methyl/N-ethyl adjacent to an activating group) is 1. The van der Waals surface area contributed by atoms with E-state index in [2.05, 4.69) is 12.2 Å². The van der Waals surface area contributed by atoms with Gasteiger partial charge in [-0.3, -0.25) is 4.79 Å². The van der Waals surface area contributed by atoms with Gasteiger partial charge in [0.15, 0.2) is 0 Å². The average Bonchev–Trinajstić information content (AvgIpc) is 2.71. The monoisotopic (exact) mass is 250 g/mol. The van der Waals surface area contributed by atoms with E-state index in [0.717, 1.165) is 18.5 Å². The Morgan fingerprint density at radius 1 is 1.56 bits per heavy atom. The SMILES string of the molecule is CNCC(=O)N1CCC(C)C1c1cccc(F)c1. The minimum absolute atomic E-state index is 0.00144. The summed E-state index contributed by atoms with van der Waals surface area (Å²) in [5.41, 5.74) is 0.893. The third-order valence-corrected chi connectivity index (χ3v) is 3.54. The van der Waals surface area contributed by atoms with Crippen LogP contribution in [0.2, 0.25) is 0 Å². The third kappa shape index (κ3) is 2.53. The molecule has 1 N–H and O–H groups in total. The van der Waals surface area contributed by atoms with Crippen molar-refractivity contribution in [3.05, 3.63) is 35.6 Å². The van der Waals surface area contributed by atoms with Crippen LogP contribution < -0.4 is 5.32 Å². The van der Waals surface area contributed by atoms with Crippen molar-refractivity contribution in [3.63, 3.8) is 0 Å². The molecule has 2 atom stereocenters. The molecule has 0 saturated carbocycles. The highest BCUT2D eigenvalue weighted by Crippen LogP contribution is 2.36. The Morgan fingerprint density at radius 2 is 2.33 bits per heavy atom. The van der Waals surface area contributed by atoms with Crippen molar-refractivity contribution < 1.29 is 9.18 Å². The number of hydrogen-bond acceptors (Lipinski definition) is 2. The summed E-state index contributed by atoms with van der Waals surface area (Å²) in [5, 5.41) is 2.88. The van der Waals surface area contributed by atoms with Crippen LogP contribution >= 0.6 is 0 Å². The lowest BCUT2D eigenvalue weighted by molar-refractivity contribution is -0.131. The van der Waals surface area contributed by atoms with E-state index in [1.54, 1.807) is 13.1 Å². The topological polar surface area (TPSA) is 32.3 Å². The third-order valence-electron chi connectivity index (χ3n) is 3.54. The molecule has 0 spiro atoms. The molecule has 3 nitrogen and oxygen atoms in total. The minimum atomic E-state index is -0.243. The van der Waals surface area contributed by atoms with E-state index in [1.807, 2.05) is 11.0 Å². The molecule has 1 aliphatic heterocycles. The van der Waals surface area contributed by atoms with Crippen molar-refractivity contribution in [3.8, 4) is 0 Å². The lowest BCUT2D eigenvalue weighted by Gasteiger charge is -2.27. The molecule has 18 heavy (non-hydrogen) atoms. The normalized spacial score (nSPS) is 23.4. The quantitative estimate of drug-likeness (QED) is 0.889. The van der Waals surface area contributed by atoms with Crippen LogP contribution in [0.3, 0.4) is 0 Å². The molecule has 0 aromatic heterocycles. The van der Waals surface area contributed by atoms with Crippen molar-refractivity contribution in [1.82, 2.24) is 10.2 Å². The number of carbonyl (C=O) groups is 1. The van der Waals surface area contributed by atoms with Crippen molar-refractivity contribution in [2.24, 2.45) is 5.92 Å². The standard InChI is InChI=1S/C14H19FN2O/c1-10-6-7-17(13(18)9-16-2)14(10)11-4-3-5-12(15)8-11/h3-5,8,10,14,16H,6-7,9H2,1-2H3. The highest BCUT2D eigenvalue weighted by atomic mass is 19.1. The van der Waals surface area contributed by atoms with E-state index in [1.165, 1.54) is 12.1 Å². The Hall–Kier alpha value is -1.42. The molecule has 1 amide bonds. The molecule has 1 fully saturated rings. The van der Waals surface area contributed by atoms with Crippen LogP contribution in [0.1, 0.15) is 24.9 Å². The molecule has 2 rings (SSSR count). The van der Waals surface area contributed by atoms with Crippen molar-refractivity contribution in [2.45, 2.75) is 19.4 Å². The number of nitrogens with one attached hydrogen (secondary N) is 1. The summed E-state index contributed by atoms with van der Waals surface area (Å²) in [4.78, 5) is 13.9. The fraction of sp³-hybridized carbons (Fsp3) is 0.500. The molecule has 0 bridgehead atoms. The number of hydrogen-bond donors (Lipinski definition) is 1. The number of benzene rings is 1. The Kier molecular flexibility index (Phi) is 3.97. The summed E-state index contributed by atoms with van der Waals surface area (Å²) in [7, 11) is 1.76. The summed E-state index contributed by atoms with van der Waals surface area (Å²) < 4.78 is 13.3. The molecular formula is C14H19FN2O. The fourth-order valence-corrected chi connectivity index (χ4v) is 2.68. The van der Waals surface area contributed by atoms with Crippen LogP contribution in [-0.2, 0) is 4.79 Å². The van der Waals surface area contributed by atoms with E-state index in [9.17, 15) is 9.18 Å².